The third kappa shape index (κ3) is 6.80. The number of hydrogen-bond donors (Lipinski definition) is 2. The molecule has 2 N–H and O–H groups in total. The second-order valence-electron chi connectivity index (χ2n) is 1.96. The summed E-state index contributed by atoms with van der Waals surface area (Å²) in [6.07, 6.45) is 0.995. The van der Waals surface area contributed by atoms with Gasteiger partial charge in [-0.2, -0.15) is 0 Å². The van der Waals surface area contributed by atoms with E-state index < -0.39 is 7.37 Å². The van der Waals surface area contributed by atoms with Crippen LogP contribution in [0.15, 0.2) is 0 Å². The van der Waals surface area contributed by atoms with E-state index in [2.05, 4.69) is 0 Å². The van der Waals surface area contributed by atoms with Gasteiger partial charge in [0.2, 0.25) is 0 Å². The Bertz CT molecular complexity index is 117. The standard InChI is InChI=1S/C5H13O3P.Al.3H/c1-2-9(7,8)5-3-4-6;;;;/h6H,2-5H2,1H3,(H,7,8);;;;. The molecule has 10 heavy (non-hydrogen) atoms. The summed E-state index contributed by atoms with van der Waals surface area (Å²) >= 11 is 0. The van der Waals surface area contributed by atoms with E-state index in [1.807, 2.05) is 0 Å². The normalized spacial score (nSPS) is 15.5. The summed E-state index contributed by atoms with van der Waals surface area (Å²) in [5.74, 6) is 0. The maximum absolute atomic E-state index is 10.8. The zero-order valence-electron chi connectivity index (χ0n) is 5.58. The molecule has 0 saturated carbocycles. The van der Waals surface area contributed by atoms with Crippen LogP contribution >= 0.6 is 7.37 Å². The molecular weight excluding hydrogens is 166 g/mol. The molecule has 0 aromatic rings. The third-order valence-electron chi connectivity index (χ3n) is 1.16. The molecule has 0 aliphatic carbocycles. The topological polar surface area (TPSA) is 57.5 Å². The minimum atomic E-state index is -2.85. The Balaban J connectivity index is 0. The quantitative estimate of drug-likeness (QED) is 0.454. The fraction of sp³-hybridized carbons (Fsp3) is 1.00. The third-order valence-corrected chi connectivity index (χ3v) is 3.16. The zero-order valence-corrected chi connectivity index (χ0v) is 6.47. The van der Waals surface area contributed by atoms with E-state index >= 15 is 0 Å². The van der Waals surface area contributed by atoms with E-state index in [4.69, 9.17) is 10.00 Å². The van der Waals surface area contributed by atoms with Crippen molar-refractivity contribution < 1.29 is 14.6 Å². The Morgan fingerprint density at radius 2 is 2.00 bits per heavy atom. The highest BCUT2D eigenvalue weighted by atomic mass is 31.2. The summed E-state index contributed by atoms with van der Waals surface area (Å²) in [6.45, 7) is 1.68. The van der Waals surface area contributed by atoms with Gasteiger partial charge in [-0.3, -0.25) is 4.57 Å². The van der Waals surface area contributed by atoms with Crippen molar-refractivity contribution in [2.24, 2.45) is 0 Å². The van der Waals surface area contributed by atoms with Crippen molar-refractivity contribution >= 4 is 24.7 Å². The number of hydrogen-bond acceptors (Lipinski definition) is 2. The summed E-state index contributed by atoms with van der Waals surface area (Å²) in [4.78, 5) is 8.90. The van der Waals surface area contributed by atoms with Crippen LogP contribution in [0.2, 0.25) is 0 Å². The van der Waals surface area contributed by atoms with E-state index in [-0.39, 0.29) is 30.1 Å². The molecule has 0 amide bonds. The summed E-state index contributed by atoms with van der Waals surface area (Å²) in [5, 5.41) is 8.29. The molecule has 1 unspecified atom stereocenters. The van der Waals surface area contributed by atoms with E-state index in [1.54, 1.807) is 6.92 Å². The van der Waals surface area contributed by atoms with Crippen LogP contribution in [0, 0.1) is 0 Å². The smallest absolute Gasteiger partial charge is 0.200 e. The highest BCUT2D eigenvalue weighted by molar-refractivity contribution is 7.57. The Morgan fingerprint density at radius 1 is 1.50 bits per heavy atom. The van der Waals surface area contributed by atoms with Crippen LogP contribution in [0.25, 0.3) is 0 Å². The average molecular weight is 182 g/mol. The fourth-order valence-corrected chi connectivity index (χ4v) is 1.43. The van der Waals surface area contributed by atoms with Crippen LogP contribution in [0.1, 0.15) is 13.3 Å². The lowest BCUT2D eigenvalue weighted by Gasteiger charge is -2.05. The molecule has 0 heterocycles. The van der Waals surface area contributed by atoms with Crippen LogP contribution in [0.5, 0.6) is 0 Å². The Labute approximate surface area is 72.0 Å². The Hall–Kier alpha value is 0.682. The largest absolute Gasteiger partial charge is 0.396 e. The van der Waals surface area contributed by atoms with E-state index in [1.165, 1.54) is 0 Å². The van der Waals surface area contributed by atoms with Crippen LogP contribution in [-0.4, -0.2) is 46.3 Å². The van der Waals surface area contributed by atoms with Gasteiger partial charge in [-0.25, -0.2) is 0 Å². The van der Waals surface area contributed by atoms with Gasteiger partial charge in [0.25, 0.3) is 0 Å². The summed E-state index contributed by atoms with van der Waals surface area (Å²) in [6, 6.07) is 0. The molecule has 0 fully saturated rings. The molecule has 5 heteroatoms. The Kier molecular flexibility index (Phi) is 8.50. The highest BCUT2D eigenvalue weighted by Gasteiger charge is 2.12. The van der Waals surface area contributed by atoms with Gasteiger partial charge < -0.3 is 10.00 Å². The van der Waals surface area contributed by atoms with Crippen molar-refractivity contribution in [3.8, 4) is 0 Å². The van der Waals surface area contributed by atoms with Crippen molar-refractivity contribution in [1.82, 2.24) is 0 Å². The van der Waals surface area contributed by atoms with Crippen LogP contribution in [-0.2, 0) is 4.57 Å². The predicted octanol–water partition coefficient (Wildman–Crippen LogP) is -0.525. The van der Waals surface area contributed by atoms with Crippen molar-refractivity contribution in [3.63, 3.8) is 0 Å². The van der Waals surface area contributed by atoms with E-state index in [0.29, 0.717) is 12.6 Å². The first-order valence-electron chi connectivity index (χ1n) is 3.04. The lowest BCUT2D eigenvalue weighted by molar-refractivity contribution is 0.293. The number of aliphatic hydroxyl groups is 1. The van der Waals surface area contributed by atoms with Gasteiger partial charge in [-0.1, -0.05) is 6.92 Å². The molecule has 0 spiro atoms. The first kappa shape index (κ1) is 13.3. The molecule has 0 aromatic carbocycles. The van der Waals surface area contributed by atoms with Gasteiger partial charge in [0.05, 0.1) is 0 Å². The van der Waals surface area contributed by atoms with E-state index in [9.17, 15) is 4.57 Å². The Morgan fingerprint density at radius 3 is 2.30 bits per heavy atom. The lowest BCUT2D eigenvalue weighted by atomic mass is 10.5. The molecule has 0 bridgehead atoms. The van der Waals surface area contributed by atoms with Gasteiger partial charge in [0.15, 0.2) is 24.7 Å². The maximum Gasteiger partial charge on any atom is 0.200 e. The SMILES string of the molecule is CCP(=O)(O)CCCO.[AlH3]. The molecule has 0 aromatic heterocycles. The summed E-state index contributed by atoms with van der Waals surface area (Å²) in [5.41, 5.74) is 0. The van der Waals surface area contributed by atoms with Gasteiger partial charge in [0.1, 0.15) is 0 Å². The molecular formula is C5H16AlO3P. The van der Waals surface area contributed by atoms with Crippen LogP contribution in [0.3, 0.4) is 0 Å². The van der Waals surface area contributed by atoms with Gasteiger partial charge in [-0.15, -0.1) is 0 Å². The summed E-state index contributed by atoms with van der Waals surface area (Å²) in [7, 11) is -2.85. The van der Waals surface area contributed by atoms with E-state index in [0.717, 1.165) is 0 Å². The second-order valence-corrected chi connectivity index (χ2v) is 4.74. The van der Waals surface area contributed by atoms with Crippen molar-refractivity contribution in [2.75, 3.05) is 18.9 Å². The first-order valence-corrected chi connectivity index (χ1v) is 5.07. The predicted molar refractivity (Wildman–Crippen MR) is 46.9 cm³/mol. The van der Waals surface area contributed by atoms with Gasteiger partial charge >= 0.3 is 0 Å². The minimum Gasteiger partial charge on any atom is -0.396 e. The average Bonchev–Trinajstić information content (AvgIpc) is 1.84. The molecule has 0 saturated heterocycles. The molecule has 62 valence electrons. The van der Waals surface area contributed by atoms with Crippen LogP contribution in [0.4, 0.5) is 0 Å². The van der Waals surface area contributed by atoms with Gasteiger partial charge in [0, 0.05) is 18.9 Å². The molecule has 3 nitrogen and oxygen atoms in total. The van der Waals surface area contributed by atoms with Crippen LogP contribution < -0.4 is 0 Å². The number of aliphatic hydroxyl groups excluding tert-OH is 1. The van der Waals surface area contributed by atoms with Gasteiger partial charge in [-0.05, 0) is 6.42 Å². The maximum atomic E-state index is 10.8. The monoisotopic (exact) mass is 182 g/mol. The molecule has 0 rings (SSSR count). The first-order chi connectivity index (χ1) is 4.12. The minimum absolute atomic E-state index is 0. The molecule has 1 atom stereocenters. The number of rotatable bonds is 4. The van der Waals surface area contributed by atoms with Crippen molar-refractivity contribution in [2.45, 2.75) is 13.3 Å². The second kappa shape index (κ2) is 6.40. The zero-order chi connectivity index (χ0) is 7.33. The summed E-state index contributed by atoms with van der Waals surface area (Å²) < 4.78 is 10.8. The van der Waals surface area contributed by atoms with Crippen molar-refractivity contribution in [1.29, 1.82) is 0 Å². The molecule has 0 radical (unpaired) electrons. The lowest BCUT2D eigenvalue weighted by Crippen LogP contribution is -1.94. The highest BCUT2D eigenvalue weighted by Crippen LogP contribution is 2.39. The van der Waals surface area contributed by atoms with Crippen molar-refractivity contribution in [3.05, 3.63) is 0 Å². The molecule has 0 aliphatic heterocycles. The fourth-order valence-electron chi connectivity index (χ4n) is 0.476. The molecule has 0 aliphatic rings.